The van der Waals surface area contributed by atoms with Gasteiger partial charge in [0.2, 0.25) is 11.8 Å². The van der Waals surface area contributed by atoms with Gasteiger partial charge in [0, 0.05) is 19.2 Å². The van der Waals surface area contributed by atoms with Crippen molar-refractivity contribution in [2.45, 2.75) is 19.0 Å². The number of hydrogen-bond donors (Lipinski definition) is 1. The standard InChI is InChI=1S/C13H15FN2O3/c1-16-11(17)6-9(13(16)18)15-7-8-4-3-5-10(19-2)12(8)14/h3-5,9,15H,6-7H2,1-2H3. The summed E-state index contributed by atoms with van der Waals surface area (Å²) in [5.41, 5.74) is 0.397. The van der Waals surface area contributed by atoms with Gasteiger partial charge in [0.25, 0.3) is 0 Å². The van der Waals surface area contributed by atoms with Crippen molar-refractivity contribution in [1.82, 2.24) is 10.2 Å². The molecule has 19 heavy (non-hydrogen) atoms. The SMILES string of the molecule is COc1cccc(CNC2CC(=O)N(C)C2=O)c1F. The molecule has 0 aliphatic carbocycles. The zero-order chi connectivity index (χ0) is 14.0. The lowest BCUT2D eigenvalue weighted by molar-refractivity contribution is -0.137. The molecule has 1 aromatic rings. The molecule has 1 aromatic carbocycles. The van der Waals surface area contributed by atoms with Crippen LogP contribution < -0.4 is 10.1 Å². The van der Waals surface area contributed by atoms with E-state index in [-0.39, 0.29) is 30.5 Å². The Morgan fingerprint density at radius 1 is 1.47 bits per heavy atom. The Morgan fingerprint density at radius 3 is 2.79 bits per heavy atom. The maximum Gasteiger partial charge on any atom is 0.246 e. The fraction of sp³-hybridized carbons (Fsp3) is 0.385. The van der Waals surface area contributed by atoms with Gasteiger partial charge in [0.1, 0.15) is 0 Å². The quantitative estimate of drug-likeness (QED) is 0.814. The van der Waals surface area contributed by atoms with Crippen LogP contribution in [0.25, 0.3) is 0 Å². The summed E-state index contributed by atoms with van der Waals surface area (Å²) >= 11 is 0. The van der Waals surface area contributed by atoms with E-state index >= 15 is 0 Å². The molecule has 1 aliphatic rings. The third kappa shape index (κ3) is 2.58. The smallest absolute Gasteiger partial charge is 0.246 e. The van der Waals surface area contributed by atoms with Crippen LogP contribution in [0.5, 0.6) is 5.75 Å². The Labute approximate surface area is 110 Å². The van der Waals surface area contributed by atoms with Crippen molar-refractivity contribution in [3.8, 4) is 5.75 Å². The van der Waals surface area contributed by atoms with Crippen LogP contribution in [0.15, 0.2) is 18.2 Å². The van der Waals surface area contributed by atoms with Crippen molar-refractivity contribution < 1.29 is 18.7 Å². The fourth-order valence-corrected chi connectivity index (χ4v) is 2.00. The predicted octanol–water partition coefficient (Wildman–Crippen LogP) is 0.681. The second kappa shape index (κ2) is 5.36. The molecule has 0 spiro atoms. The molecular weight excluding hydrogens is 251 g/mol. The maximum absolute atomic E-state index is 13.9. The minimum atomic E-state index is -0.580. The molecule has 0 bridgehead atoms. The largest absolute Gasteiger partial charge is 0.494 e. The molecule has 2 rings (SSSR count). The molecule has 1 atom stereocenters. The molecule has 5 nitrogen and oxygen atoms in total. The van der Waals surface area contributed by atoms with Crippen molar-refractivity contribution in [2.24, 2.45) is 0 Å². The van der Waals surface area contributed by atoms with E-state index in [0.29, 0.717) is 5.56 Å². The van der Waals surface area contributed by atoms with Gasteiger partial charge in [-0.2, -0.15) is 0 Å². The second-order valence-electron chi connectivity index (χ2n) is 4.36. The van der Waals surface area contributed by atoms with Gasteiger partial charge in [0.05, 0.1) is 19.6 Å². The summed E-state index contributed by atoms with van der Waals surface area (Å²) in [4.78, 5) is 24.1. The molecule has 1 fully saturated rings. The van der Waals surface area contributed by atoms with E-state index in [1.807, 2.05) is 0 Å². The molecule has 1 saturated heterocycles. The van der Waals surface area contributed by atoms with Crippen LogP contribution in [0.2, 0.25) is 0 Å². The number of nitrogens with zero attached hydrogens (tertiary/aromatic N) is 1. The molecule has 102 valence electrons. The van der Waals surface area contributed by atoms with Crippen LogP contribution in [0.3, 0.4) is 0 Å². The number of carbonyl (C=O) groups is 2. The second-order valence-corrected chi connectivity index (χ2v) is 4.36. The number of methoxy groups -OCH3 is 1. The van der Waals surface area contributed by atoms with Gasteiger partial charge in [-0.05, 0) is 6.07 Å². The summed E-state index contributed by atoms with van der Waals surface area (Å²) in [5.74, 6) is -0.810. The average Bonchev–Trinajstić information content (AvgIpc) is 2.65. The molecule has 0 saturated carbocycles. The third-order valence-electron chi connectivity index (χ3n) is 3.18. The van der Waals surface area contributed by atoms with E-state index in [2.05, 4.69) is 5.32 Å². The van der Waals surface area contributed by atoms with Gasteiger partial charge in [0.15, 0.2) is 11.6 Å². The van der Waals surface area contributed by atoms with Crippen molar-refractivity contribution in [3.05, 3.63) is 29.6 Å². The summed E-state index contributed by atoms with van der Waals surface area (Å²) in [6, 6.07) is 4.22. The highest BCUT2D eigenvalue weighted by molar-refractivity contribution is 6.05. The number of rotatable bonds is 4. The molecule has 0 aromatic heterocycles. The zero-order valence-electron chi connectivity index (χ0n) is 10.8. The summed E-state index contributed by atoms with van der Waals surface area (Å²) in [5, 5.41) is 2.89. The summed E-state index contributed by atoms with van der Waals surface area (Å²) < 4.78 is 18.8. The number of carbonyl (C=O) groups excluding carboxylic acids is 2. The van der Waals surface area contributed by atoms with Crippen LogP contribution >= 0.6 is 0 Å². The molecule has 1 unspecified atom stereocenters. The van der Waals surface area contributed by atoms with E-state index in [9.17, 15) is 14.0 Å². The number of likely N-dealkylation sites (N-methyl/N-ethyl adjacent to an activating group) is 1. The molecule has 1 aliphatic heterocycles. The topological polar surface area (TPSA) is 58.6 Å². The number of likely N-dealkylation sites (tertiary alicyclic amines) is 1. The molecule has 2 amide bonds. The van der Waals surface area contributed by atoms with E-state index in [1.165, 1.54) is 20.2 Å². The Morgan fingerprint density at radius 2 is 2.21 bits per heavy atom. The van der Waals surface area contributed by atoms with Gasteiger partial charge < -0.3 is 10.1 Å². The number of amides is 2. The van der Waals surface area contributed by atoms with E-state index < -0.39 is 11.9 Å². The maximum atomic E-state index is 13.9. The molecule has 0 radical (unpaired) electrons. The highest BCUT2D eigenvalue weighted by Gasteiger charge is 2.35. The van der Waals surface area contributed by atoms with Gasteiger partial charge in [-0.3, -0.25) is 14.5 Å². The Kier molecular flexibility index (Phi) is 3.80. The van der Waals surface area contributed by atoms with Gasteiger partial charge >= 0.3 is 0 Å². The zero-order valence-corrected chi connectivity index (χ0v) is 10.8. The van der Waals surface area contributed by atoms with Crippen LogP contribution in [-0.2, 0) is 16.1 Å². The highest BCUT2D eigenvalue weighted by Crippen LogP contribution is 2.20. The number of halogens is 1. The van der Waals surface area contributed by atoms with Gasteiger partial charge in [-0.1, -0.05) is 12.1 Å². The van der Waals surface area contributed by atoms with Crippen molar-refractivity contribution in [1.29, 1.82) is 0 Å². The lowest BCUT2D eigenvalue weighted by Crippen LogP contribution is -2.36. The van der Waals surface area contributed by atoms with Gasteiger partial charge in [-0.25, -0.2) is 4.39 Å². The number of hydrogen-bond acceptors (Lipinski definition) is 4. The minimum Gasteiger partial charge on any atom is -0.494 e. The molecule has 6 heteroatoms. The van der Waals surface area contributed by atoms with Crippen LogP contribution in [0.4, 0.5) is 4.39 Å². The molecule has 1 heterocycles. The normalized spacial score (nSPS) is 19.1. The van der Waals surface area contributed by atoms with E-state index in [1.54, 1.807) is 12.1 Å². The molecule has 1 N–H and O–H groups in total. The van der Waals surface area contributed by atoms with Crippen molar-refractivity contribution in [3.63, 3.8) is 0 Å². The number of ether oxygens (including phenoxy) is 1. The number of benzene rings is 1. The van der Waals surface area contributed by atoms with E-state index in [4.69, 9.17) is 4.74 Å². The highest BCUT2D eigenvalue weighted by atomic mass is 19.1. The predicted molar refractivity (Wildman–Crippen MR) is 66.0 cm³/mol. The first-order valence-electron chi connectivity index (χ1n) is 5.89. The fourth-order valence-electron chi connectivity index (χ4n) is 2.00. The minimum absolute atomic E-state index is 0.112. The Bertz CT molecular complexity index is 519. The first-order valence-corrected chi connectivity index (χ1v) is 5.89. The average molecular weight is 266 g/mol. The number of nitrogens with one attached hydrogen (secondary N) is 1. The van der Waals surface area contributed by atoms with Gasteiger partial charge in [-0.15, -0.1) is 0 Å². The van der Waals surface area contributed by atoms with E-state index in [0.717, 1.165) is 4.90 Å². The van der Waals surface area contributed by atoms with Crippen LogP contribution in [-0.4, -0.2) is 36.9 Å². The summed E-state index contributed by atoms with van der Waals surface area (Å²) in [6.07, 6.45) is 0.112. The third-order valence-corrected chi connectivity index (χ3v) is 3.18. The Hall–Kier alpha value is -1.95. The lowest BCUT2D eigenvalue weighted by atomic mass is 10.1. The van der Waals surface area contributed by atoms with Crippen LogP contribution in [0, 0.1) is 5.82 Å². The van der Waals surface area contributed by atoms with Crippen molar-refractivity contribution in [2.75, 3.05) is 14.2 Å². The Balaban J connectivity index is 2.04. The first-order chi connectivity index (χ1) is 9.04. The summed E-state index contributed by atoms with van der Waals surface area (Å²) in [7, 11) is 2.84. The van der Waals surface area contributed by atoms with Crippen molar-refractivity contribution >= 4 is 11.8 Å². The lowest BCUT2D eigenvalue weighted by Gasteiger charge is -2.12. The van der Waals surface area contributed by atoms with Crippen LogP contribution in [0.1, 0.15) is 12.0 Å². The number of imide groups is 1. The first kappa shape index (κ1) is 13.5. The monoisotopic (exact) mass is 266 g/mol. The summed E-state index contributed by atoms with van der Waals surface area (Å²) in [6.45, 7) is 0.167. The molecular formula is C13H15FN2O3.